The molecule has 6 heteroatoms. The van der Waals surface area contributed by atoms with E-state index in [9.17, 15) is 4.79 Å². The summed E-state index contributed by atoms with van der Waals surface area (Å²) in [6.45, 7) is 3.95. The number of methoxy groups -OCH3 is 1. The molecule has 0 saturated heterocycles. The van der Waals surface area contributed by atoms with Gasteiger partial charge >= 0.3 is 0 Å². The third-order valence-corrected chi connectivity index (χ3v) is 5.98. The number of benzene rings is 2. The van der Waals surface area contributed by atoms with Gasteiger partial charge in [0.15, 0.2) is 5.52 Å². The molecule has 0 aliphatic carbocycles. The first-order valence-electron chi connectivity index (χ1n) is 10.5. The van der Waals surface area contributed by atoms with E-state index in [2.05, 4.69) is 23.2 Å². The molecule has 0 bridgehead atoms. The fourth-order valence-corrected chi connectivity index (χ4v) is 4.28. The van der Waals surface area contributed by atoms with Gasteiger partial charge in [-0.15, -0.1) is 0 Å². The Morgan fingerprint density at radius 3 is 2.53 bits per heavy atom. The van der Waals surface area contributed by atoms with Gasteiger partial charge in [0.2, 0.25) is 0 Å². The predicted molar refractivity (Wildman–Crippen MR) is 127 cm³/mol. The van der Waals surface area contributed by atoms with Crippen LogP contribution in [0.25, 0.3) is 27.6 Å². The highest BCUT2D eigenvalue weighted by atomic mass is 16.5. The summed E-state index contributed by atoms with van der Waals surface area (Å²) in [7, 11) is 3.63. The summed E-state index contributed by atoms with van der Waals surface area (Å²) in [6, 6.07) is 17.9. The molecule has 0 aliphatic heterocycles. The van der Waals surface area contributed by atoms with Crippen LogP contribution in [0.5, 0.6) is 5.75 Å². The molecule has 32 heavy (non-hydrogen) atoms. The van der Waals surface area contributed by atoms with Gasteiger partial charge in [0.1, 0.15) is 11.6 Å². The zero-order valence-electron chi connectivity index (χ0n) is 18.6. The number of imidazole rings is 1. The van der Waals surface area contributed by atoms with E-state index in [0.717, 1.165) is 50.5 Å². The van der Waals surface area contributed by atoms with Gasteiger partial charge < -0.3 is 9.30 Å². The van der Waals surface area contributed by atoms with Gasteiger partial charge in [0.05, 0.1) is 29.5 Å². The minimum absolute atomic E-state index is 0.134. The number of fused-ring (bicyclic) bond motifs is 3. The molecule has 2 aromatic carbocycles. The molecule has 5 aromatic rings. The van der Waals surface area contributed by atoms with Crippen LogP contribution in [-0.2, 0) is 13.5 Å². The van der Waals surface area contributed by atoms with Crippen molar-refractivity contribution < 1.29 is 4.74 Å². The van der Waals surface area contributed by atoms with Crippen molar-refractivity contribution in [2.24, 2.45) is 7.05 Å². The molecule has 0 N–H and O–H groups in total. The molecule has 6 nitrogen and oxygen atoms in total. The maximum Gasteiger partial charge on any atom is 0.283 e. The number of rotatable bonds is 4. The Hall–Kier alpha value is -3.93. The lowest BCUT2D eigenvalue weighted by molar-refractivity contribution is 0.414. The molecule has 0 aliphatic rings. The number of hydrogen-bond acceptors (Lipinski definition) is 4. The standard InChI is InChI=1S/C26H24N4O2/c1-16-7-12-20-22(14-16)30(21-6-5-13-27-17(21)2)26(31)24-25(20)29(3)23(28-24)15-18-8-10-19(32-4)11-9-18/h5-14H,15H2,1-4H3. The molecule has 0 atom stereocenters. The Kier molecular flexibility index (Phi) is 4.78. The summed E-state index contributed by atoms with van der Waals surface area (Å²) >= 11 is 0. The van der Waals surface area contributed by atoms with Crippen LogP contribution in [-0.4, -0.2) is 26.2 Å². The van der Waals surface area contributed by atoms with E-state index in [0.29, 0.717) is 11.9 Å². The third-order valence-electron chi connectivity index (χ3n) is 5.98. The molecule has 0 saturated carbocycles. The van der Waals surface area contributed by atoms with Gasteiger partial charge in [-0.2, -0.15) is 0 Å². The van der Waals surface area contributed by atoms with Gasteiger partial charge in [-0.25, -0.2) is 4.98 Å². The molecule has 0 radical (unpaired) electrons. The Bertz CT molecular complexity index is 1530. The fraction of sp³-hybridized carbons (Fsp3) is 0.192. The molecule has 0 amide bonds. The Balaban J connectivity index is 1.79. The second-order valence-electron chi connectivity index (χ2n) is 8.08. The maximum atomic E-state index is 13.8. The number of aryl methyl sites for hydroxylation is 3. The SMILES string of the molecule is COc1ccc(Cc2nc3c(=O)n(-c4cccnc4C)c4cc(C)ccc4c3n2C)cc1. The summed E-state index contributed by atoms with van der Waals surface area (Å²) < 4.78 is 9.05. The van der Waals surface area contributed by atoms with Crippen LogP contribution in [0.15, 0.2) is 65.6 Å². The molecule has 0 fully saturated rings. The second kappa shape index (κ2) is 7.64. The average molecular weight is 425 g/mol. The van der Waals surface area contributed by atoms with Crippen molar-refractivity contribution in [3.8, 4) is 11.4 Å². The van der Waals surface area contributed by atoms with E-state index >= 15 is 0 Å². The molecular weight excluding hydrogens is 400 g/mol. The number of ether oxygens (including phenoxy) is 1. The van der Waals surface area contributed by atoms with Crippen LogP contribution in [0.1, 0.15) is 22.6 Å². The topological polar surface area (TPSA) is 61.9 Å². The smallest absolute Gasteiger partial charge is 0.283 e. The van der Waals surface area contributed by atoms with E-state index in [-0.39, 0.29) is 5.56 Å². The molecular formula is C26H24N4O2. The van der Waals surface area contributed by atoms with Crippen LogP contribution in [0.4, 0.5) is 0 Å². The van der Waals surface area contributed by atoms with E-state index in [4.69, 9.17) is 9.72 Å². The Morgan fingerprint density at radius 2 is 1.81 bits per heavy atom. The number of nitrogens with zero attached hydrogens (tertiary/aromatic N) is 4. The van der Waals surface area contributed by atoms with Crippen LogP contribution < -0.4 is 10.3 Å². The van der Waals surface area contributed by atoms with Gasteiger partial charge in [0.25, 0.3) is 5.56 Å². The van der Waals surface area contributed by atoms with Gasteiger partial charge in [0, 0.05) is 25.1 Å². The molecule has 3 aromatic heterocycles. The van der Waals surface area contributed by atoms with Crippen LogP contribution in [0.3, 0.4) is 0 Å². The monoisotopic (exact) mass is 424 g/mol. The van der Waals surface area contributed by atoms with E-state index in [1.807, 2.05) is 61.9 Å². The highest BCUT2D eigenvalue weighted by Crippen LogP contribution is 2.28. The normalized spacial score (nSPS) is 11.4. The lowest BCUT2D eigenvalue weighted by Gasteiger charge is -2.14. The first kappa shape index (κ1) is 20.0. The molecule has 3 heterocycles. The molecule has 5 rings (SSSR count). The summed E-state index contributed by atoms with van der Waals surface area (Å²) in [6.07, 6.45) is 2.36. The van der Waals surface area contributed by atoms with E-state index in [1.165, 1.54) is 0 Å². The maximum absolute atomic E-state index is 13.8. The van der Waals surface area contributed by atoms with Gasteiger partial charge in [-0.1, -0.05) is 24.3 Å². The molecule has 0 unspecified atom stereocenters. The minimum atomic E-state index is -0.134. The van der Waals surface area contributed by atoms with Crippen molar-refractivity contribution in [2.45, 2.75) is 20.3 Å². The van der Waals surface area contributed by atoms with Crippen molar-refractivity contribution in [1.82, 2.24) is 19.1 Å². The predicted octanol–water partition coefficient (Wildman–Crippen LogP) is 4.49. The van der Waals surface area contributed by atoms with Crippen LogP contribution in [0.2, 0.25) is 0 Å². The van der Waals surface area contributed by atoms with E-state index < -0.39 is 0 Å². The fourth-order valence-electron chi connectivity index (χ4n) is 4.28. The number of aromatic nitrogens is 4. The van der Waals surface area contributed by atoms with Crippen molar-refractivity contribution in [3.63, 3.8) is 0 Å². The first-order chi connectivity index (χ1) is 15.5. The zero-order chi connectivity index (χ0) is 22.4. The highest BCUT2D eigenvalue weighted by Gasteiger charge is 2.20. The average Bonchev–Trinajstić information content (AvgIpc) is 3.12. The minimum Gasteiger partial charge on any atom is -0.497 e. The Morgan fingerprint density at radius 1 is 1.03 bits per heavy atom. The van der Waals surface area contributed by atoms with Crippen LogP contribution in [0, 0.1) is 13.8 Å². The highest BCUT2D eigenvalue weighted by molar-refractivity contribution is 6.03. The molecule has 0 spiro atoms. The summed E-state index contributed by atoms with van der Waals surface area (Å²) in [5.41, 5.74) is 5.81. The van der Waals surface area contributed by atoms with Crippen molar-refractivity contribution >= 4 is 21.9 Å². The lowest BCUT2D eigenvalue weighted by atomic mass is 10.1. The van der Waals surface area contributed by atoms with Crippen LogP contribution >= 0.6 is 0 Å². The third kappa shape index (κ3) is 3.15. The lowest BCUT2D eigenvalue weighted by Crippen LogP contribution is -2.20. The van der Waals surface area contributed by atoms with Gasteiger partial charge in [-0.3, -0.25) is 14.3 Å². The van der Waals surface area contributed by atoms with Crippen molar-refractivity contribution in [2.75, 3.05) is 7.11 Å². The Labute approximate surface area is 185 Å². The zero-order valence-corrected chi connectivity index (χ0v) is 18.6. The summed E-state index contributed by atoms with van der Waals surface area (Å²) in [5.74, 6) is 1.65. The van der Waals surface area contributed by atoms with E-state index in [1.54, 1.807) is 17.9 Å². The summed E-state index contributed by atoms with van der Waals surface area (Å²) in [4.78, 5) is 23.0. The number of hydrogen-bond donors (Lipinski definition) is 0. The van der Waals surface area contributed by atoms with Crippen molar-refractivity contribution in [3.05, 3.63) is 93.8 Å². The largest absolute Gasteiger partial charge is 0.497 e. The van der Waals surface area contributed by atoms with Gasteiger partial charge in [-0.05, 0) is 55.3 Å². The van der Waals surface area contributed by atoms with Crippen molar-refractivity contribution in [1.29, 1.82) is 0 Å². The molecule has 160 valence electrons. The first-order valence-corrected chi connectivity index (χ1v) is 10.5. The summed E-state index contributed by atoms with van der Waals surface area (Å²) in [5, 5.41) is 0.990. The second-order valence-corrected chi connectivity index (χ2v) is 8.08. The quantitative estimate of drug-likeness (QED) is 0.427. The number of pyridine rings is 2.